The first kappa shape index (κ1) is 14.3. The maximum absolute atomic E-state index is 3.75. The van der Waals surface area contributed by atoms with Gasteiger partial charge in [0.25, 0.3) is 0 Å². The molecular formula is C12H8Br4S. The highest BCUT2D eigenvalue weighted by atomic mass is 79.9. The summed E-state index contributed by atoms with van der Waals surface area (Å²) in [5.74, 6) is 0. The molecule has 0 aliphatic rings. The van der Waals surface area contributed by atoms with Crippen molar-refractivity contribution in [3.05, 3.63) is 53.0 Å². The molecule has 90 valence electrons. The second kappa shape index (κ2) is 5.87. The van der Waals surface area contributed by atoms with Gasteiger partial charge in [0.1, 0.15) is 0 Å². The maximum atomic E-state index is 3.75. The van der Waals surface area contributed by atoms with Crippen molar-refractivity contribution in [2.45, 2.75) is 11.8 Å². The highest BCUT2D eigenvalue weighted by molar-refractivity contribution is 9.13. The van der Waals surface area contributed by atoms with Gasteiger partial charge in [-0.1, -0.05) is 44.0 Å². The molecule has 0 bridgehead atoms. The van der Waals surface area contributed by atoms with Crippen molar-refractivity contribution in [3.8, 4) is 0 Å². The van der Waals surface area contributed by atoms with Crippen molar-refractivity contribution in [2.75, 3.05) is 0 Å². The van der Waals surface area contributed by atoms with E-state index in [4.69, 9.17) is 0 Å². The van der Waals surface area contributed by atoms with E-state index < -0.39 is 0 Å². The molecule has 17 heavy (non-hydrogen) atoms. The highest BCUT2D eigenvalue weighted by Gasteiger charge is 2.15. The normalized spacial score (nSPS) is 12.8. The van der Waals surface area contributed by atoms with E-state index in [1.807, 2.05) is 0 Å². The topological polar surface area (TPSA) is 0 Å². The molecule has 0 amide bonds. The summed E-state index contributed by atoms with van der Waals surface area (Å²) in [5, 5.41) is 0. The van der Waals surface area contributed by atoms with Crippen LogP contribution in [0.4, 0.5) is 0 Å². The number of rotatable bonds is 2. The van der Waals surface area contributed by atoms with Crippen LogP contribution in [0.1, 0.15) is 20.8 Å². The van der Waals surface area contributed by atoms with Crippen LogP contribution >= 0.6 is 75.1 Å². The molecule has 0 saturated heterocycles. The Labute approximate surface area is 138 Å². The van der Waals surface area contributed by atoms with Gasteiger partial charge in [0.05, 0.1) is 8.61 Å². The molecule has 0 spiro atoms. The van der Waals surface area contributed by atoms with E-state index in [0.29, 0.717) is 0 Å². The molecule has 2 rings (SSSR count). The number of hydrogen-bond acceptors (Lipinski definition) is 1. The number of aryl methyl sites for hydroxylation is 1. The van der Waals surface area contributed by atoms with Crippen molar-refractivity contribution in [2.24, 2.45) is 0 Å². The van der Waals surface area contributed by atoms with Crippen LogP contribution in [0.3, 0.4) is 0 Å². The van der Waals surface area contributed by atoms with Crippen LogP contribution in [-0.2, 0) is 0 Å². The zero-order chi connectivity index (χ0) is 12.6. The number of hydrogen-bond donors (Lipinski definition) is 0. The molecule has 1 heterocycles. The van der Waals surface area contributed by atoms with E-state index in [1.165, 1.54) is 16.0 Å². The van der Waals surface area contributed by atoms with E-state index in [2.05, 4.69) is 94.9 Å². The highest BCUT2D eigenvalue weighted by Crippen LogP contribution is 2.41. The first-order chi connectivity index (χ1) is 7.99. The third kappa shape index (κ3) is 3.24. The van der Waals surface area contributed by atoms with Gasteiger partial charge in [-0.25, -0.2) is 0 Å². The van der Waals surface area contributed by atoms with Gasteiger partial charge in [-0.3, -0.25) is 0 Å². The maximum Gasteiger partial charge on any atom is 0.0843 e. The number of thiophene rings is 1. The van der Waals surface area contributed by atoms with Crippen molar-refractivity contribution < 1.29 is 0 Å². The molecule has 1 unspecified atom stereocenters. The quantitative estimate of drug-likeness (QED) is 0.394. The largest absolute Gasteiger partial charge is 0.131 e. The first-order valence-corrected chi connectivity index (χ1v) is 8.95. The van der Waals surface area contributed by atoms with Crippen molar-refractivity contribution >= 4 is 75.1 Å². The Kier molecular flexibility index (Phi) is 4.92. The third-order valence-electron chi connectivity index (χ3n) is 2.39. The molecule has 0 nitrogen and oxygen atoms in total. The first-order valence-electron chi connectivity index (χ1n) is 4.84. The van der Waals surface area contributed by atoms with Gasteiger partial charge in [0.15, 0.2) is 0 Å². The molecule has 0 aliphatic carbocycles. The van der Waals surface area contributed by atoms with Gasteiger partial charge in [-0.2, -0.15) is 0 Å². The van der Waals surface area contributed by atoms with Gasteiger partial charge >= 0.3 is 0 Å². The zero-order valence-electron chi connectivity index (χ0n) is 8.81. The summed E-state index contributed by atoms with van der Waals surface area (Å²) in [6.45, 7) is 2.10. The summed E-state index contributed by atoms with van der Waals surface area (Å²) in [4.78, 5) is 1.52. The fourth-order valence-corrected chi connectivity index (χ4v) is 4.52. The van der Waals surface area contributed by atoms with Crippen LogP contribution in [0.2, 0.25) is 0 Å². The monoisotopic (exact) mass is 500 g/mol. The Bertz CT molecular complexity index is 528. The average molecular weight is 504 g/mol. The Morgan fingerprint density at radius 1 is 1.06 bits per heavy atom. The molecule has 0 aliphatic heterocycles. The lowest BCUT2D eigenvalue weighted by Gasteiger charge is -2.09. The van der Waals surface area contributed by atoms with Gasteiger partial charge in [0.2, 0.25) is 0 Å². The van der Waals surface area contributed by atoms with E-state index in [-0.39, 0.29) is 4.83 Å². The second-order valence-corrected chi connectivity index (χ2v) is 8.67. The number of alkyl halides is 1. The third-order valence-corrected chi connectivity index (χ3v) is 7.92. The molecule has 5 heteroatoms. The molecule has 0 radical (unpaired) electrons. The average Bonchev–Trinajstić information content (AvgIpc) is 2.62. The van der Waals surface area contributed by atoms with E-state index >= 15 is 0 Å². The van der Waals surface area contributed by atoms with Crippen LogP contribution in [0.15, 0.2) is 37.0 Å². The predicted octanol–water partition coefficient (Wildman–Crippen LogP) is 6.83. The number of benzene rings is 1. The van der Waals surface area contributed by atoms with Gasteiger partial charge in [-0.05, 0) is 62.0 Å². The van der Waals surface area contributed by atoms with E-state index in [0.717, 1.165) is 12.7 Å². The van der Waals surface area contributed by atoms with Crippen LogP contribution in [-0.4, -0.2) is 0 Å². The predicted molar refractivity (Wildman–Crippen MR) is 89.4 cm³/mol. The molecule has 1 aromatic carbocycles. The molecule has 0 saturated carbocycles. The lowest BCUT2D eigenvalue weighted by molar-refractivity contribution is 1.20. The lowest BCUT2D eigenvalue weighted by atomic mass is 10.1. The van der Waals surface area contributed by atoms with Gasteiger partial charge in [-0.15, -0.1) is 11.3 Å². The van der Waals surface area contributed by atoms with Gasteiger partial charge in [0, 0.05) is 13.8 Å². The summed E-state index contributed by atoms with van der Waals surface area (Å²) < 4.78 is 3.39. The summed E-state index contributed by atoms with van der Waals surface area (Å²) in [6.07, 6.45) is 0. The molecule has 0 fully saturated rings. The lowest BCUT2D eigenvalue weighted by Crippen LogP contribution is -1.90. The van der Waals surface area contributed by atoms with Crippen molar-refractivity contribution in [1.82, 2.24) is 0 Å². The summed E-state index contributed by atoms with van der Waals surface area (Å²) in [7, 11) is 0. The van der Waals surface area contributed by atoms with Crippen molar-refractivity contribution in [1.29, 1.82) is 0 Å². The minimum atomic E-state index is 0.238. The minimum Gasteiger partial charge on any atom is -0.131 e. The zero-order valence-corrected chi connectivity index (χ0v) is 16.0. The molecule has 0 N–H and O–H groups in total. The van der Waals surface area contributed by atoms with Crippen molar-refractivity contribution in [3.63, 3.8) is 0 Å². The number of halogens is 4. The fourth-order valence-electron chi connectivity index (χ4n) is 1.48. The summed E-state index contributed by atoms with van der Waals surface area (Å²) >= 11 is 16.1. The van der Waals surface area contributed by atoms with E-state index in [1.54, 1.807) is 11.3 Å². The molecular weight excluding hydrogens is 496 g/mol. The SMILES string of the molecule is Cc1cc(C(Br)c2cc(Br)c(Br)s2)ccc1Br. The summed E-state index contributed by atoms with van der Waals surface area (Å²) in [5.41, 5.74) is 2.52. The minimum absolute atomic E-state index is 0.238. The fraction of sp³-hybridized carbons (Fsp3) is 0.167. The Morgan fingerprint density at radius 2 is 1.76 bits per heavy atom. The molecule has 2 aromatic rings. The second-order valence-electron chi connectivity index (χ2n) is 3.64. The molecule has 1 atom stereocenters. The standard InChI is InChI=1S/C12H8Br4S/c1-6-4-7(2-3-8(6)13)11(15)10-5-9(14)12(16)17-10/h2-5,11H,1H3. The molecule has 1 aromatic heterocycles. The Hall–Kier alpha value is 0.840. The van der Waals surface area contributed by atoms with Crippen LogP contribution < -0.4 is 0 Å². The van der Waals surface area contributed by atoms with Crippen LogP contribution in [0.5, 0.6) is 0 Å². The van der Waals surface area contributed by atoms with Crippen LogP contribution in [0, 0.1) is 6.92 Å². The summed E-state index contributed by atoms with van der Waals surface area (Å²) in [6, 6.07) is 8.57. The van der Waals surface area contributed by atoms with Crippen LogP contribution in [0.25, 0.3) is 0 Å². The Balaban J connectivity index is 2.36. The smallest absolute Gasteiger partial charge is 0.0843 e. The van der Waals surface area contributed by atoms with Gasteiger partial charge < -0.3 is 0 Å². The Morgan fingerprint density at radius 3 is 2.29 bits per heavy atom. The van der Waals surface area contributed by atoms with E-state index in [9.17, 15) is 0 Å².